The Morgan fingerprint density at radius 3 is 2.70 bits per heavy atom. The van der Waals surface area contributed by atoms with E-state index in [0.717, 1.165) is 27.7 Å². The van der Waals surface area contributed by atoms with Crippen molar-refractivity contribution in [3.8, 4) is 11.3 Å². The Bertz CT molecular complexity index is 1170. The Morgan fingerprint density at radius 2 is 1.90 bits per heavy atom. The third-order valence-electron chi connectivity index (χ3n) is 4.68. The normalized spacial score (nSPS) is 11.8. The van der Waals surface area contributed by atoms with Crippen molar-refractivity contribution in [3.05, 3.63) is 71.7 Å². The standard InChI is InChI=1S/C22H20N4O3S/c1-29-22(28)25-18(11-14-7-3-2-4-8-14)20(27)26-21-24-19(13-30-21)16-12-23-17-10-6-5-9-15(16)17/h2-10,12-13,18,23H,11H2,1H3,(H,25,28)(H,24,26,27). The highest BCUT2D eigenvalue weighted by Crippen LogP contribution is 2.31. The number of amides is 2. The van der Waals surface area contributed by atoms with Gasteiger partial charge >= 0.3 is 6.09 Å². The van der Waals surface area contributed by atoms with E-state index in [0.29, 0.717) is 11.6 Å². The number of aromatic amines is 1. The van der Waals surface area contributed by atoms with Crippen molar-refractivity contribution in [1.82, 2.24) is 15.3 Å². The highest BCUT2D eigenvalue weighted by atomic mass is 32.1. The van der Waals surface area contributed by atoms with Gasteiger partial charge in [-0.15, -0.1) is 11.3 Å². The molecule has 0 aliphatic heterocycles. The minimum Gasteiger partial charge on any atom is -0.453 e. The molecule has 7 nitrogen and oxygen atoms in total. The van der Waals surface area contributed by atoms with Crippen LogP contribution < -0.4 is 10.6 Å². The van der Waals surface area contributed by atoms with E-state index in [1.54, 1.807) is 0 Å². The molecule has 4 aromatic rings. The molecule has 2 aromatic heterocycles. The van der Waals surface area contributed by atoms with Gasteiger partial charge in [-0.3, -0.25) is 4.79 Å². The third kappa shape index (κ3) is 4.33. The molecule has 0 spiro atoms. The molecule has 152 valence electrons. The van der Waals surface area contributed by atoms with Gasteiger partial charge in [-0.25, -0.2) is 9.78 Å². The number of thiazole rings is 1. The van der Waals surface area contributed by atoms with E-state index >= 15 is 0 Å². The van der Waals surface area contributed by atoms with Crippen molar-refractivity contribution < 1.29 is 14.3 Å². The van der Waals surface area contributed by atoms with Gasteiger partial charge in [-0.05, 0) is 11.6 Å². The van der Waals surface area contributed by atoms with Crippen LogP contribution >= 0.6 is 11.3 Å². The first-order valence-corrected chi connectivity index (χ1v) is 10.2. The average Bonchev–Trinajstić information content (AvgIpc) is 3.40. The van der Waals surface area contributed by atoms with Crippen LogP contribution in [0.15, 0.2) is 66.2 Å². The maximum Gasteiger partial charge on any atom is 0.407 e. The quantitative estimate of drug-likeness (QED) is 0.436. The van der Waals surface area contributed by atoms with Crippen LogP contribution in [0.5, 0.6) is 0 Å². The predicted molar refractivity (Wildman–Crippen MR) is 118 cm³/mol. The number of hydrogen-bond donors (Lipinski definition) is 3. The zero-order valence-corrected chi connectivity index (χ0v) is 17.0. The summed E-state index contributed by atoms with van der Waals surface area (Å²) in [6.07, 6.45) is 1.58. The summed E-state index contributed by atoms with van der Waals surface area (Å²) in [5.41, 5.74) is 3.69. The highest BCUT2D eigenvalue weighted by molar-refractivity contribution is 7.14. The second-order valence-corrected chi connectivity index (χ2v) is 7.51. The molecule has 4 rings (SSSR count). The smallest absolute Gasteiger partial charge is 0.407 e. The van der Waals surface area contributed by atoms with Crippen LogP contribution in [-0.2, 0) is 16.0 Å². The maximum absolute atomic E-state index is 12.9. The van der Waals surface area contributed by atoms with E-state index in [2.05, 4.69) is 25.3 Å². The van der Waals surface area contributed by atoms with Gasteiger partial charge in [0.1, 0.15) is 6.04 Å². The fourth-order valence-electron chi connectivity index (χ4n) is 3.19. The lowest BCUT2D eigenvalue weighted by Gasteiger charge is -2.17. The molecule has 30 heavy (non-hydrogen) atoms. The zero-order chi connectivity index (χ0) is 20.9. The van der Waals surface area contributed by atoms with Crippen LogP contribution in [0.1, 0.15) is 5.56 Å². The lowest BCUT2D eigenvalue weighted by Crippen LogP contribution is -2.45. The molecule has 2 aromatic carbocycles. The molecular formula is C22H20N4O3S. The lowest BCUT2D eigenvalue weighted by molar-refractivity contribution is -0.118. The molecule has 0 fully saturated rings. The van der Waals surface area contributed by atoms with Crippen molar-refractivity contribution in [3.63, 3.8) is 0 Å². The number of carbonyl (C=O) groups is 2. The van der Waals surface area contributed by atoms with Gasteiger partial charge in [0.05, 0.1) is 12.8 Å². The minimum atomic E-state index is -0.791. The van der Waals surface area contributed by atoms with E-state index in [4.69, 9.17) is 0 Å². The number of benzene rings is 2. The van der Waals surface area contributed by atoms with E-state index in [9.17, 15) is 9.59 Å². The molecule has 0 radical (unpaired) electrons. The van der Waals surface area contributed by atoms with Gasteiger partial charge in [0.25, 0.3) is 0 Å². The first kappa shape index (κ1) is 19.7. The second kappa shape index (κ2) is 8.79. The van der Waals surface area contributed by atoms with Gasteiger partial charge in [-0.1, -0.05) is 48.5 Å². The number of carbonyl (C=O) groups excluding carboxylic acids is 2. The lowest BCUT2D eigenvalue weighted by atomic mass is 10.1. The van der Waals surface area contributed by atoms with Crippen molar-refractivity contribution >= 4 is 39.4 Å². The molecule has 2 amide bonds. The molecule has 0 aliphatic carbocycles. The van der Waals surface area contributed by atoms with Gasteiger partial charge in [0.2, 0.25) is 5.91 Å². The molecule has 0 bridgehead atoms. The molecule has 1 atom stereocenters. The minimum absolute atomic E-state index is 0.336. The number of rotatable bonds is 6. The number of anilines is 1. The summed E-state index contributed by atoms with van der Waals surface area (Å²) in [6.45, 7) is 0. The number of alkyl carbamates (subject to hydrolysis) is 1. The first-order valence-electron chi connectivity index (χ1n) is 9.35. The largest absolute Gasteiger partial charge is 0.453 e. The summed E-state index contributed by atoms with van der Waals surface area (Å²) in [5, 5.41) is 8.82. The van der Waals surface area contributed by atoms with Crippen LogP contribution in [0.25, 0.3) is 22.2 Å². The molecule has 2 heterocycles. The van der Waals surface area contributed by atoms with Gasteiger partial charge in [0.15, 0.2) is 5.13 Å². The summed E-state index contributed by atoms with van der Waals surface area (Å²) in [6, 6.07) is 16.6. The number of hydrogen-bond acceptors (Lipinski definition) is 5. The van der Waals surface area contributed by atoms with Crippen LogP contribution in [-0.4, -0.2) is 35.1 Å². The highest BCUT2D eigenvalue weighted by Gasteiger charge is 2.23. The number of ether oxygens (including phenoxy) is 1. The number of para-hydroxylation sites is 1. The van der Waals surface area contributed by atoms with E-state index < -0.39 is 12.1 Å². The van der Waals surface area contributed by atoms with Crippen molar-refractivity contribution in [2.24, 2.45) is 0 Å². The Balaban J connectivity index is 1.51. The van der Waals surface area contributed by atoms with E-state index in [1.165, 1.54) is 18.4 Å². The third-order valence-corrected chi connectivity index (χ3v) is 5.43. The summed E-state index contributed by atoms with van der Waals surface area (Å²) in [5.74, 6) is -0.357. The first-order chi connectivity index (χ1) is 14.6. The number of methoxy groups -OCH3 is 1. The molecule has 8 heteroatoms. The molecule has 1 unspecified atom stereocenters. The Labute approximate surface area is 177 Å². The van der Waals surface area contributed by atoms with Crippen LogP contribution in [0, 0.1) is 0 Å². The van der Waals surface area contributed by atoms with Crippen LogP contribution in [0.2, 0.25) is 0 Å². The average molecular weight is 420 g/mol. The fraction of sp³-hybridized carbons (Fsp3) is 0.136. The number of aromatic nitrogens is 2. The molecule has 0 aliphatic rings. The number of fused-ring (bicyclic) bond motifs is 1. The zero-order valence-electron chi connectivity index (χ0n) is 16.2. The van der Waals surface area contributed by atoms with Crippen molar-refractivity contribution in [1.29, 1.82) is 0 Å². The molecular weight excluding hydrogens is 400 g/mol. The number of nitrogens with one attached hydrogen (secondary N) is 3. The van der Waals surface area contributed by atoms with Crippen LogP contribution in [0.4, 0.5) is 9.93 Å². The Hall–Kier alpha value is -3.65. The SMILES string of the molecule is COC(=O)NC(Cc1ccccc1)C(=O)Nc1nc(-c2c[nH]c3ccccc23)cs1. The summed E-state index contributed by atoms with van der Waals surface area (Å²) in [4.78, 5) is 32.4. The van der Waals surface area contributed by atoms with E-state index in [-0.39, 0.29) is 5.91 Å². The second-order valence-electron chi connectivity index (χ2n) is 6.65. The number of H-pyrrole nitrogens is 1. The molecule has 0 saturated heterocycles. The summed E-state index contributed by atoms with van der Waals surface area (Å²) in [7, 11) is 1.26. The van der Waals surface area contributed by atoms with Crippen LogP contribution in [0.3, 0.4) is 0 Å². The summed E-state index contributed by atoms with van der Waals surface area (Å²) >= 11 is 1.33. The number of nitrogens with zero attached hydrogens (tertiary/aromatic N) is 1. The van der Waals surface area contributed by atoms with Gasteiger partial charge in [0, 0.05) is 34.5 Å². The van der Waals surface area contributed by atoms with Gasteiger partial charge in [-0.2, -0.15) is 0 Å². The fourth-order valence-corrected chi connectivity index (χ4v) is 3.90. The summed E-state index contributed by atoms with van der Waals surface area (Å²) < 4.78 is 4.67. The Morgan fingerprint density at radius 1 is 1.13 bits per heavy atom. The molecule has 0 saturated carbocycles. The van der Waals surface area contributed by atoms with Gasteiger partial charge < -0.3 is 20.4 Å². The monoisotopic (exact) mass is 420 g/mol. The Kier molecular flexibility index (Phi) is 5.76. The van der Waals surface area contributed by atoms with Crippen molar-refractivity contribution in [2.45, 2.75) is 12.5 Å². The maximum atomic E-state index is 12.9. The van der Waals surface area contributed by atoms with Crippen molar-refractivity contribution in [2.75, 3.05) is 12.4 Å². The topological polar surface area (TPSA) is 96.1 Å². The molecule has 3 N–H and O–H groups in total. The predicted octanol–water partition coefficient (Wildman–Crippen LogP) is 4.20. The van der Waals surface area contributed by atoms with E-state index in [1.807, 2.05) is 66.2 Å².